The normalized spacial score (nSPS) is 54.3. The number of allylic oxidation sites excluding steroid dienone is 2. The average molecular weight is 605 g/mol. The molecule has 6 rings (SSSR count). The van der Waals surface area contributed by atoms with Crippen molar-refractivity contribution in [1.29, 1.82) is 0 Å². The highest BCUT2D eigenvalue weighted by atomic mass is 16.7. The fraction of sp³-hybridized carbons (Fsp3) is 0.914. The Morgan fingerprint density at radius 1 is 0.930 bits per heavy atom. The zero-order valence-corrected chi connectivity index (χ0v) is 27.1. The first-order valence-corrected chi connectivity index (χ1v) is 16.9. The van der Waals surface area contributed by atoms with Gasteiger partial charge in [-0.15, -0.1) is 0 Å². The molecule has 5 fully saturated rings. The lowest BCUT2D eigenvalue weighted by Crippen LogP contribution is -2.66. The Morgan fingerprint density at radius 3 is 2.30 bits per heavy atom. The molecule has 1 saturated heterocycles. The predicted octanol–water partition coefficient (Wildman–Crippen LogP) is 4.67. The molecule has 0 radical (unpaired) electrons. The number of rotatable bonds is 4. The molecule has 1 aliphatic heterocycles. The molecule has 0 spiro atoms. The summed E-state index contributed by atoms with van der Waals surface area (Å²) in [6, 6.07) is 0. The second-order valence-corrected chi connectivity index (χ2v) is 17.3. The van der Waals surface area contributed by atoms with Crippen LogP contribution in [0.3, 0.4) is 0 Å². The van der Waals surface area contributed by atoms with Crippen molar-refractivity contribution in [3.8, 4) is 0 Å². The van der Waals surface area contributed by atoms with Crippen LogP contribution in [0.2, 0.25) is 0 Å². The van der Waals surface area contributed by atoms with Crippen LogP contribution in [0.25, 0.3) is 0 Å². The van der Waals surface area contributed by atoms with Crippen molar-refractivity contribution in [2.45, 2.75) is 136 Å². The number of aliphatic hydroxyl groups excluding tert-OH is 4. The maximum Gasteiger partial charge on any atom is 0.310 e. The highest BCUT2D eigenvalue weighted by Crippen LogP contribution is 2.76. The molecule has 5 N–H and O–H groups in total. The lowest BCUT2D eigenvalue weighted by atomic mass is 9.33. The van der Waals surface area contributed by atoms with Crippen molar-refractivity contribution in [2.75, 3.05) is 13.2 Å². The molecule has 0 aromatic heterocycles. The van der Waals surface area contributed by atoms with E-state index in [-0.39, 0.29) is 52.8 Å². The van der Waals surface area contributed by atoms with Gasteiger partial charge in [0.15, 0.2) is 6.29 Å². The van der Waals surface area contributed by atoms with Gasteiger partial charge in [-0.05, 0) is 104 Å². The third kappa shape index (κ3) is 4.32. The van der Waals surface area contributed by atoms with Gasteiger partial charge in [-0.1, -0.05) is 53.2 Å². The third-order valence-corrected chi connectivity index (χ3v) is 14.9. The Balaban J connectivity index is 1.32. The van der Waals surface area contributed by atoms with Crippen LogP contribution < -0.4 is 0 Å². The van der Waals surface area contributed by atoms with Crippen LogP contribution in [0, 0.1) is 50.2 Å². The van der Waals surface area contributed by atoms with E-state index in [1.165, 1.54) is 5.57 Å². The maximum absolute atomic E-state index is 12.9. The van der Waals surface area contributed by atoms with E-state index >= 15 is 0 Å². The minimum atomic E-state index is -1.36. The Labute approximate surface area is 257 Å². The van der Waals surface area contributed by atoms with Gasteiger partial charge in [0, 0.05) is 5.41 Å². The van der Waals surface area contributed by atoms with Crippen molar-refractivity contribution in [3.63, 3.8) is 0 Å². The molecule has 6 aliphatic rings. The van der Waals surface area contributed by atoms with Crippen molar-refractivity contribution in [3.05, 3.63) is 11.6 Å². The Bertz CT molecular complexity index is 1150. The van der Waals surface area contributed by atoms with Gasteiger partial charge in [0.05, 0.1) is 24.7 Å². The summed E-state index contributed by atoms with van der Waals surface area (Å²) in [5, 5.41) is 52.3. The largest absolute Gasteiger partial charge is 0.481 e. The molecule has 8 nitrogen and oxygen atoms in total. The summed E-state index contributed by atoms with van der Waals surface area (Å²) in [5.41, 5.74) is 0.232. The van der Waals surface area contributed by atoms with Gasteiger partial charge in [-0.2, -0.15) is 0 Å². The highest BCUT2D eigenvalue weighted by molar-refractivity contribution is 5.76. The van der Waals surface area contributed by atoms with Gasteiger partial charge < -0.3 is 35.0 Å². The second-order valence-electron chi connectivity index (χ2n) is 17.3. The first-order valence-electron chi connectivity index (χ1n) is 16.9. The topological polar surface area (TPSA) is 137 Å². The minimum absolute atomic E-state index is 0.0154. The second kappa shape index (κ2) is 10.2. The number of carboxylic acid groups (broad SMARTS) is 1. The van der Waals surface area contributed by atoms with Gasteiger partial charge in [0.1, 0.15) is 18.3 Å². The lowest BCUT2D eigenvalue weighted by Gasteiger charge is -2.71. The smallest absolute Gasteiger partial charge is 0.310 e. The summed E-state index contributed by atoms with van der Waals surface area (Å²) in [6.07, 6.45) is 6.03. The Morgan fingerprint density at radius 2 is 1.63 bits per heavy atom. The van der Waals surface area contributed by atoms with Gasteiger partial charge in [-0.25, -0.2) is 0 Å². The van der Waals surface area contributed by atoms with Crippen LogP contribution in [0.4, 0.5) is 0 Å². The Hall–Kier alpha value is -1.03. The van der Waals surface area contributed by atoms with Crippen LogP contribution >= 0.6 is 0 Å². The molecule has 43 heavy (non-hydrogen) atoms. The van der Waals surface area contributed by atoms with Crippen molar-refractivity contribution < 1.29 is 39.8 Å². The number of hydrogen-bond donors (Lipinski definition) is 5. The molecule has 13 atom stereocenters. The van der Waals surface area contributed by atoms with E-state index in [1.54, 1.807) is 0 Å². The summed E-state index contributed by atoms with van der Waals surface area (Å²) in [7, 11) is 0. The van der Waals surface area contributed by atoms with Gasteiger partial charge >= 0.3 is 5.97 Å². The fourth-order valence-electron chi connectivity index (χ4n) is 11.9. The van der Waals surface area contributed by atoms with Crippen LogP contribution in [0.5, 0.6) is 0 Å². The summed E-state index contributed by atoms with van der Waals surface area (Å²) in [5.74, 6) is 0.0529. The number of hydrogen-bond acceptors (Lipinski definition) is 7. The minimum Gasteiger partial charge on any atom is -0.481 e. The van der Waals surface area contributed by atoms with Crippen LogP contribution in [0.15, 0.2) is 11.6 Å². The van der Waals surface area contributed by atoms with E-state index in [1.807, 2.05) is 0 Å². The molecule has 1 unspecified atom stereocenters. The zero-order chi connectivity index (χ0) is 31.4. The summed E-state index contributed by atoms with van der Waals surface area (Å²) in [6.45, 7) is 13.9. The SMILES string of the molecule is CC1(C)CC[C@]2(C(=O)O)CC[C@]3(C)C(=CC[C@@H]4[C@@]5(C)CC[C@H](O[C@@H]6OC[C@H](O)[C@H](O)[C@H]6O)C(C)(CO)[C@@H]5CC[C@]43C)[C@@H]2C1. The van der Waals surface area contributed by atoms with Crippen molar-refractivity contribution >= 4 is 5.97 Å². The molecule has 8 heteroatoms. The quantitative estimate of drug-likeness (QED) is 0.231. The standard InChI is InChI=1S/C35H56O8/c1-30(2)13-15-35(29(40)41)16-14-33(5)20(21(35)17-30)7-8-24-31(3)11-10-25(43-28-27(39)26(38)22(37)18-42-28)32(4,19-36)23(31)9-12-34(24,33)6/h7,21-28,36-39H,8-19H2,1-6H3,(H,40,41)/t21-,22-,23+,24+,25-,26-,27+,28-,31-,32?,33+,34+,35-/m0/s1. The fourth-order valence-corrected chi connectivity index (χ4v) is 11.9. The van der Waals surface area contributed by atoms with Crippen LogP contribution in [-0.4, -0.2) is 75.4 Å². The van der Waals surface area contributed by atoms with Crippen LogP contribution in [0.1, 0.15) is 106 Å². The predicted molar refractivity (Wildman–Crippen MR) is 161 cm³/mol. The summed E-state index contributed by atoms with van der Waals surface area (Å²) >= 11 is 0. The molecule has 4 saturated carbocycles. The zero-order valence-electron chi connectivity index (χ0n) is 27.1. The third-order valence-electron chi connectivity index (χ3n) is 14.9. The molecule has 244 valence electrons. The molecule has 0 aromatic rings. The van der Waals surface area contributed by atoms with Crippen molar-refractivity contribution in [1.82, 2.24) is 0 Å². The monoisotopic (exact) mass is 604 g/mol. The number of carboxylic acids is 1. The molecular weight excluding hydrogens is 548 g/mol. The molecule has 0 aromatic carbocycles. The molecule has 1 heterocycles. The molecule has 0 bridgehead atoms. The van der Waals surface area contributed by atoms with E-state index in [0.717, 1.165) is 57.8 Å². The number of aliphatic carboxylic acids is 1. The van der Waals surface area contributed by atoms with E-state index in [2.05, 4.69) is 47.6 Å². The first kappa shape index (κ1) is 31.9. The van der Waals surface area contributed by atoms with E-state index in [9.17, 15) is 30.3 Å². The van der Waals surface area contributed by atoms with Crippen LogP contribution in [-0.2, 0) is 14.3 Å². The number of carbonyl (C=O) groups is 1. The van der Waals surface area contributed by atoms with Gasteiger partial charge in [0.2, 0.25) is 0 Å². The van der Waals surface area contributed by atoms with E-state index in [4.69, 9.17) is 9.47 Å². The van der Waals surface area contributed by atoms with E-state index < -0.39 is 41.4 Å². The maximum atomic E-state index is 12.9. The number of ether oxygens (including phenoxy) is 2. The summed E-state index contributed by atoms with van der Waals surface area (Å²) < 4.78 is 12.0. The van der Waals surface area contributed by atoms with Gasteiger partial charge in [-0.3, -0.25) is 4.79 Å². The Kier molecular flexibility index (Phi) is 7.60. The highest BCUT2D eigenvalue weighted by Gasteiger charge is 2.70. The molecule has 0 amide bonds. The van der Waals surface area contributed by atoms with Gasteiger partial charge in [0.25, 0.3) is 0 Å². The van der Waals surface area contributed by atoms with Crippen molar-refractivity contribution in [2.24, 2.45) is 50.2 Å². The molecular formula is C35H56O8. The first-order chi connectivity index (χ1) is 20.0. The molecule has 5 aliphatic carbocycles. The number of aliphatic hydroxyl groups is 4. The number of fused-ring (bicyclic) bond motifs is 7. The summed E-state index contributed by atoms with van der Waals surface area (Å²) in [4.78, 5) is 12.9. The lowest BCUT2D eigenvalue weighted by molar-refractivity contribution is -0.312. The average Bonchev–Trinajstić information content (AvgIpc) is 2.94. The van der Waals surface area contributed by atoms with E-state index in [0.29, 0.717) is 12.3 Å².